The molecule has 0 saturated heterocycles. The fraction of sp³-hybridized carbons (Fsp3) is 0.188. The van der Waals surface area contributed by atoms with Crippen molar-refractivity contribution in [1.82, 2.24) is 10.4 Å². The summed E-state index contributed by atoms with van der Waals surface area (Å²) >= 11 is 0. The Morgan fingerprint density at radius 2 is 1.95 bits per heavy atom. The Morgan fingerprint density at radius 3 is 2.76 bits per heavy atom. The average molecular weight is 283 g/mol. The summed E-state index contributed by atoms with van der Waals surface area (Å²) in [7, 11) is 1.66. The fourth-order valence-corrected chi connectivity index (χ4v) is 2.48. The number of ether oxygens (including phenoxy) is 1. The van der Waals surface area contributed by atoms with Gasteiger partial charge in [-0.25, -0.2) is 10.5 Å². The molecule has 0 saturated carbocycles. The maximum absolute atomic E-state index is 9.34. The summed E-state index contributed by atoms with van der Waals surface area (Å²) in [6.45, 7) is 1.28. The van der Waals surface area contributed by atoms with Crippen LogP contribution in [0.1, 0.15) is 11.1 Å². The van der Waals surface area contributed by atoms with Gasteiger partial charge in [0.25, 0.3) is 0 Å². The van der Waals surface area contributed by atoms with Crippen molar-refractivity contribution < 1.29 is 9.94 Å². The largest absolute Gasteiger partial charge is 0.496 e. The molecule has 0 aliphatic carbocycles. The van der Waals surface area contributed by atoms with Crippen LogP contribution in [0.4, 0.5) is 5.69 Å². The van der Waals surface area contributed by atoms with Crippen LogP contribution in [0, 0.1) is 0 Å². The first kappa shape index (κ1) is 13.5. The summed E-state index contributed by atoms with van der Waals surface area (Å²) in [6.07, 6.45) is 0. The van der Waals surface area contributed by atoms with Gasteiger partial charge in [0.05, 0.1) is 12.8 Å². The Balaban J connectivity index is 1.89. The normalized spacial score (nSPS) is 13.4. The second-order valence-electron chi connectivity index (χ2n) is 4.84. The summed E-state index contributed by atoms with van der Waals surface area (Å²) in [5.74, 6) is 1.27. The first-order valence-electron chi connectivity index (χ1n) is 6.75. The number of para-hydroxylation sites is 2. The van der Waals surface area contributed by atoms with E-state index in [0.717, 1.165) is 22.6 Å². The van der Waals surface area contributed by atoms with E-state index in [1.807, 2.05) is 53.4 Å². The number of nitrogens with one attached hydrogen (secondary N) is 1. The summed E-state index contributed by atoms with van der Waals surface area (Å²) in [6, 6.07) is 15.8. The van der Waals surface area contributed by atoms with Crippen LogP contribution in [0.2, 0.25) is 0 Å². The first-order valence-corrected chi connectivity index (χ1v) is 6.75. The molecule has 1 aliphatic heterocycles. The lowest BCUT2D eigenvalue weighted by atomic mass is 10.1. The molecule has 5 nitrogen and oxygen atoms in total. The van der Waals surface area contributed by atoms with E-state index >= 15 is 0 Å². The lowest BCUT2D eigenvalue weighted by Gasteiger charge is -2.29. The van der Waals surface area contributed by atoms with Crippen molar-refractivity contribution in [2.45, 2.75) is 13.1 Å². The van der Waals surface area contributed by atoms with Crippen LogP contribution >= 0.6 is 0 Å². The highest BCUT2D eigenvalue weighted by molar-refractivity contribution is 5.84. The van der Waals surface area contributed by atoms with Gasteiger partial charge in [0, 0.05) is 18.7 Å². The van der Waals surface area contributed by atoms with Gasteiger partial charge in [-0.1, -0.05) is 36.4 Å². The molecule has 0 fully saturated rings. The summed E-state index contributed by atoms with van der Waals surface area (Å²) in [5.41, 5.74) is 5.24. The molecule has 5 heteroatoms. The molecule has 1 heterocycles. The highest BCUT2D eigenvalue weighted by atomic mass is 16.5. The van der Waals surface area contributed by atoms with E-state index in [0.29, 0.717) is 19.0 Å². The lowest BCUT2D eigenvalue weighted by Crippen LogP contribution is -2.40. The molecule has 108 valence electrons. The van der Waals surface area contributed by atoms with Gasteiger partial charge in [-0.2, -0.15) is 0 Å². The molecule has 0 spiro atoms. The molecule has 21 heavy (non-hydrogen) atoms. The van der Waals surface area contributed by atoms with E-state index < -0.39 is 0 Å². The molecule has 1 aliphatic rings. The minimum absolute atomic E-state index is 0.444. The molecule has 0 unspecified atom stereocenters. The Hall–Kier alpha value is -2.53. The predicted molar refractivity (Wildman–Crippen MR) is 80.7 cm³/mol. The van der Waals surface area contributed by atoms with Crippen molar-refractivity contribution >= 4 is 11.6 Å². The fourth-order valence-electron chi connectivity index (χ4n) is 2.48. The van der Waals surface area contributed by atoms with Crippen molar-refractivity contribution in [1.29, 1.82) is 0 Å². The van der Waals surface area contributed by atoms with E-state index in [-0.39, 0.29) is 0 Å². The number of rotatable bonds is 3. The van der Waals surface area contributed by atoms with Crippen molar-refractivity contribution in [3.63, 3.8) is 0 Å². The molecule has 0 radical (unpaired) electrons. The number of guanidine groups is 1. The number of hydrogen-bond acceptors (Lipinski definition) is 5. The molecule has 0 bridgehead atoms. The summed E-state index contributed by atoms with van der Waals surface area (Å²) in [4.78, 5) is 6.41. The van der Waals surface area contributed by atoms with Gasteiger partial charge in [0.15, 0.2) is 0 Å². The number of hydrogen-bond donors (Lipinski definition) is 2. The number of methoxy groups -OCH3 is 1. The second kappa shape index (κ2) is 5.85. The quantitative estimate of drug-likeness (QED) is 0.850. The summed E-state index contributed by atoms with van der Waals surface area (Å²) in [5, 5.41) is 9.34. The van der Waals surface area contributed by atoms with Crippen LogP contribution < -0.4 is 10.2 Å². The molecular formula is C16H17N3O2. The van der Waals surface area contributed by atoms with Gasteiger partial charge >= 0.3 is 0 Å². The molecule has 2 N–H and O–H groups in total. The minimum atomic E-state index is 0.444. The van der Waals surface area contributed by atoms with Gasteiger partial charge in [0.2, 0.25) is 5.96 Å². The van der Waals surface area contributed by atoms with Crippen LogP contribution in [0.15, 0.2) is 53.5 Å². The van der Waals surface area contributed by atoms with Crippen LogP contribution in [-0.2, 0) is 13.1 Å². The Morgan fingerprint density at radius 1 is 1.19 bits per heavy atom. The monoisotopic (exact) mass is 283 g/mol. The molecular weight excluding hydrogens is 266 g/mol. The topological polar surface area (TPSA) is 57.1 Å². The number of fused-ring (bicyclic) bond motifs is 1. The first-order chi connectivity index (χ1) is 10.3. The van der Waals surface area contributed by atoms with Crippen LogP contribution in [0.3, 0.4) is 0 Å². The lowest BCUT2D eigenvalue weighted by molar-refractivity contribution is 0.204. The van der Waals surface area contributed by atoms with E-state index in [9.17, 15) is 5.21 Å². The van der Waals surface area contributed by atoms with E-state index in [2.05, 4.69) is 10.5 Å². The van der Waals surface area contributed by atoms with Crippen molar-refractivity contribution in [3.8, 4) is 5.75 Å². The average Bonchev–Trinajstić information content (AvgIpc) is 2.54. The molecule has 0 atom stereocenters. The zero-order valence-corrected chi connectivity index (χ0v) is 11.8. The minimum Gasteiger partial charge on any atom is -0.496 e. The van der Waals surface area contributed by atoms with Crippen molar-refractivity contribution in [3.05, 3.63) is 59.7 Å². The van der Waals surface area contributed by atoms with Crippen LogP contribution in [0.25, 0.3) is 0 Å². The van der Waals surface area contributed by atoms with Crippen molar-refractivity contribution in [2.75, 3.05) is 7.11 Å². The molecule has 2 aromatic rings. The number of nitrogens with zero attached hydrogens (tertiary/aromatic N) is 2. The number of aliphatic imine (C=N–C) groups is 1. The standard InChI is InChI=1S/C16H17N3O2/c1-21-15-9-5-3-7-13(15)11-19-10-12-6-2-4-8-14(12)17-16(19)18-20/h2-9,20H,10-11H2,1H3,(H,17,18). The smallest absolute Gasteiger partial charge is 0.224 e. The highest BCUT2D eigenvalue weighted by Gasteiger charge is 2.20. The van der Waals surface area contributed by atoms with Gasteiger partial charge in [-0.05, 0) is 17.7 Å². The number of hydroxylamine groups is 1. The zero-order chi connectivity index (χ0) is 14.7. The maximum atomic E-state index is 9.34. The second-order valence-corrected chi connectivity index (χ2v) is 4.84. The Bertz CT molecular complexity index is 670. The Labute approximate surface area is 123 Å². The maximum Gasteiger partial charge on any atom is 0.224 e. The SMILES string of the molecule is COc1ccccc1CN1Cc2ccccc2N=C1NO. The molecule has 0 aromatic heterocycles. The predicted octanol–water partition coefficient (Wildman–Crippen LogP) is 2.68. The molecule has 3 rings (SSSR count). The highest BCUT2D eigenvalue weighted by Crippen LogP contribution is 2.27. The van der Waals surface area contributed by atoms with Gasteiger partial charge in [-0.15, -0.1) is 0 Å². The third-order valence-corrected chi connectivity index (χ3v) is 3.53. The van der Waals surface area contributed by atoms with Crippen LogP contribution in [-0.4, -0.2) is 23.2 Å². The zero-order valence-electron chi connectivity index (χ0n) is 11.8. The third kappa shape index (κ3) is 2.68. The summed E-state index contributed by atoms with van der Waals surface area (Å²) < 4.78 is 5.38. The number of benzene rings is 2. The van der Waals surface area contributed by atoms with Gasteiger partial charge in [0.1, 0.15) is 5.75 Å². The van der Waals surface area contributed by atoms with Crippen molar-refractivity contribution in [2.24, 2.45) is 4.99 Å². The van der Waals surface area contributed by atoms with Gasteiger partial charge < -0.3 is 9.64 Å². The molecule has 2 aromatic carbocycles. The Kier molecular flexibility index (Phi) is 3.75. The van der Waals surface area contributed by atoms with E-state index in [1.54, 1.807) is 7.11 Å². The van der Waals surface area contributed by atoms with E-state index in [4.69, 9.17) is 4.74 Å². The third-order valence-electron chi connectivity index (χ3n) is 3.53. The molecule has 0 amide bonds. The van der Waals surface area contributed by atoms with Crippen LogP contribution in [0.5, 0.6) is 5.75 Å². The van der Waals surface area contributed by atoms with Gasteiger partial charge in [-0.3, -0.25) is 5.21 Å². The van der Waals surface area contributed by atoms with E-state index in [1.165, 1.54) is 0 Å².